The van der Waals surface area contributed by atoms with E-state index in [1.807, 2.05) is 11.0 Å². The van der Waals surface area contributed by atoms with Crippen molar-refractivity contribution in [3.05, 3.63) is 28.2 Å². The van der Waals surface area contributed by atoms with Crippen LogP contribution in [0, 0.1) is 5.41 Å². The second-order valence-corrected chi connectivity index (χ2v) is 6.74. The summed E-state index contributed by atoms with van der Waals surface area (Å²) in [5.41, 5.74) is 7.39. The lowest BCUT2D eigenvalue weighted by atomic mass is 9.80. The van der Waals surface area contributed by atoms with E-state index >= 15 is 0 Å². The molecule has 5 heteroatoms. The first-order valence-corrected chi connectivity index (χ1v) is 7.81. The van der Waals surface area contributed by atoms with Gasteiger partial charge < -0.3 is 15.4 Å². The Hall–Kier alpha value is -1.07. The molecule has 0 saturated carbocycles. The summed E-state index contributed by atoms with van der Waals surface area (Å²) in [6.07, 6.45) is 3.21. The first-order chi connectivity index (χ1) is 9.60. The number of rotatable bonds is 1. The van der Waals surface area contributed by atoms with Gasteiger partial charge in [-0.3, -0.25) is 4.79 Å². The third-order valence-corrected chi connectivity index (χ3v) is 5.02. The van der Waals surface area contributed by atoms with Crippen LogP contribution in [0.15, 0.2) is 22.7 Å². The summed E-state index contributed by atoms with van der Waals surface area (Å²) in [7, 11) is 0. The third-order valence-electron chi connectivity index (χ3n) is 4.52. The summed E-state index contributed by atoms with van der Waals surface area (Å²) in [5.74, 6) is 0.0540. The van der Waals surface area contributed by atoms with Gasteiger partial charge in [0.15, 0.2) is 0 Å². The number of benzene rings is 1. The molecule has 1 spiro atoms. The van der Waals surface area contributed by atoms with E-state index in [0.717, 1.165) is 50.0 Å². The van der Waals surface area contributed by atoms with Crippen molar-refractivity contribution < 1.29 is 9.53 Å². The van der Waals surface area contributed by atoms with E-state index in [9.17, 15) is 4.79 Å². The first-order valence-electron chi connectivity index (χ1n) is 7.02. The summed E-state index contributed by atoms with van der Waals surface area (Å²) in [6, 6.07) is 5.45. The molecule has 108 valence electrons. The molecule has 2 aliphatic heterocycles. The zero-order valence-electron chi connectivity index (χ0n) is 11.4. The van der Waals surface area contributed by atoms with E-state index < -0.39 is 0 Å². The van der Waals surface area contributed by atoms with Crippen molar-refractivity contribution in [3.8, 4) is 0 Å². The largest absolute Gasteiger partial charge is 0.398 e. The molecule has 0 atom stereocenters. The molecule has 4 nitrogen and oxygen atoms in total. The van der Waals surface area contributed by atoms with Crippen molar-refractivity contribution in [1.82, 2.24) is 4.90 Å². The molecule has 0 unspecified atom stereocenters. The minimum atomic E-state index is 0.0540. The molecule has 0 bridgehead atoms. The number of anilines is 1. The number of hydrogen-bond acceptors (Lipinski definition) is 3. The Bertz CT molecular complexity index is 527. The number of halogens is 1. The molecule has 2 saturated heterocycles. The maximum Gasteiger partial charge on any atom is 0.255 e. The first kappa shape index (κ1) is 13.9. The zero-order chi connectivity index (χ0) is 14.2. The Morgan fingerprint density at radius 3 is 2.75 bits per heavy atom. The van der Waals surface area contributed by atoms with Crippen LogP contribution >= 0.6 is 15.9 Å². The summed E-state index contributed by atoms with van der Waals surface area (Å²) >= 11 is 3.37. The molecule has 0 aliphatic carbocycles. The fourth-order valence-electron chi connectivity index (χ4n) is 3.22. The van der Waals surface area contributed by atoms with Crippen molar-refractivity contribution in [2.75, 3.05) is 32.0 Å². The monoisotopic (exact) mass is 338 g/mol. The summed E-state index contributed by atoms with van der Waals surface area (Å²) < 4.78 is 6.34. The molecule has 2 aliphatic rings. The van der Waals surface area contributed by atoms with E-state index in [1.165, 1.54) is 0 Å². The standard InChI is InChI=1S/C15H19BrN2O2/c16-11-1-2-12(13(17)9-11)14(19)18-6-3-15(10-18)4-7-20-8-5-15/h1-2,9H,3-8,10,17H2. The van der Waals surface area contributed by atoms with Gasteiger partial charge in [-0.2, -0.15) is 0 Å². The third kappa shape index (κ3) is 2.56. The number of nitrogens with zero attached hydrogens (tertiary/aromatic N) is 1. The molecule has 1 aromatic carbocycles. The van der Waals surface area contributed by atoms with Crippen LogP contribution in [-0.2, 0) is 4.74 Å². The number of carbonyl (C=O) groups excluding carboxylic acids is 1. The number of ether oxygens (including phenoxy) is 1. The highest BCUT2D eigenvalue weighted by atomic mass is 79.9. The summed E-state index contributed by atoms with van der Waals surface area (Å²) in [4.78, 5) is 14.6. The maximum atomic E-state index is 12.6. The summed E-state index contributed by atoms with van der Waals surface area (Å²) in [5, 5.41) is 0. The van der Waals surface area contributed by atoms with Crippen molar-refractivity contribution in [3.63, 3.8) is 0 Å². The van der Waals surface area contributed by atoms with Crippen LogP contribution in [-0.4, -0.2) is 37.1 Å². The topological polar surface area (TPSA) is 55.6 Å². The number of carbonyl (C=O) groups is 1. The Kier molecular flexibility index (Phi) is 3.73. The van der Waals surface area contributed by atoms with Crippen LogP contribution in [0.25, 0.3) is 0 Å². The van der Waals surface area contributed by atoms with Crippen molar-refractivity contribution in [1.29, 1.82) is 0 Å². The molecule has 20 heavy (non-hydrogen) atoms. The highest BCUT2D eigenvalue weighted by Crippen LogP contribution is 2.40. The van der Waals surface area contributed by atoms with Gasteiger partial charge in [-0.15, -0.1) is 0 Å². The number of nitrogens with two attached hydrogens (primary N) is 1. The Morgan fingerprint density at radius 1 is 1.30 bits per heavy atom. The Balaban J connectivity index is 1.75. The predicted octanol–water partition coefficient (Wildman–Crippen LogP) is 2.67. The zero-order valence-corrected chi connectivity index (χ0v) is 13.0. The maximum absolute atomic E-state index is 12.6. The van der Waals surface area contributed by atoms with Crippen molar-refractivity contribution in [2.45, 2.75) is 19.3 Å². The average molecular weight is 339 g/mol. The SMILES string of the molecule is Nc1cc(Br)ccc1C(=O)N1CCC2(CCOCC2)C1. The quantitative estimate of drug-likeness (QED) is 0.801. The second kappa shape index (κ2) is 5.37. The predicted molar refractivity (Wildman–Crippen MR) is 81.6 cm³/mol. The fraction of sp³-hybridized carbons (Fsp3) is 0.533. The van der Waals surface area contributed by atoms with Gasteiger partial charge in [-0.05, 0) is 42.9 Å². The lowest BCUT2D eigenvalue weighted by Crippen LogP contribution is -2.35. The van der Waals surface area contributed by atoms with Crippen molar-refractivity contribution >= 4 is 27.5 Å². The van der Waals surface area contributed by atoms with Crippen LogP contribution in [0.3, 0.4) is 0 Å². The summed E-state index contributed by atoms with van der Waals surface area (Å²) in [6.45, 7) is 3.31. The Labute approximate surface area is 127 Å². The van der Waals surface area contributed by atoms with Crippen LogP contribution in [0.4, 0.5) is 5.69 Å². The molecular formula is C15H19BrN2O2. The fourth-order valence-corrected chi connectivity index (χ4v) is 3.60. The molecule has 1 aromatic rings. The molecule has 2 fully saturated rings. The normalized spacial score (nSPS) is 21.4. The minimum Gasteiger partial charge on any atom is -0.398 e. The number of nitrogen functional groups attached to an aromatic ring is 1. The molecule has 1 amide bonds. The van der Waals surface area contributed by atoms with E-state index in [1.54, 1.807) is 12.1 Å². The van der Waals surface area contributed by atoms with E-state index in [-0.39, 0.29) is 11.3 Å². The number of amides is 1. The molecule has 2 N–H and O–H groups in total. The van der Waals surface area contributed by atoms with Crippen molar-refractivity contribution in [2.24, 2.45) is 5.41 Å². The number of hydrogen-bond donors (Lipinski definition) is 1. The van der Waals surface area contributed by atoms with Gasteiger partial charge in [0, 0.05) is 36.5 Å². The number of likely N-dealkylation sites (tertiary alicyclic amines) is 1. The lowest BCUT2D eigenvalue weighted by Gasteiger charge is -2.33. The molecule has 2 heterocycles. The lowest BCUT2D eigenvalue weighted by molar-refractivity contribution is 0.0191. The molecule has 3 rings (SSSR count). The van der Waals surface area contributed by atoms with Gasteiger partial charge in [-0.25, -0.2) is 0 Å². The van der Waals surface area contributed by atoms with Crippen LogP contribution < -0.4 is 5.73 Å². The highest BCUT2D eigenvalue weighted by molar-refractivity contribution is 9.10. The van der Waals surface area contributed by atoms with Crippen LogP contribution in [0.2, 0.25) is 0 Å². The average Bonchev–Trinajstić information content (AvgIpc) is 2.83. The van der Waals surface area contributed by atoms with Gasteiger partial charge in [-0.1, -0.05) is 15.9 Å². The van der Waals surface area contributed by atoms with Crippen LogP contribution in [0.5, 0.6) is 0 Å². The van der Waals surface area contributed by atoms with Gasteiger partial charge in [0.2, 0.25) is 0 Å². The van der Waals surface area contributed by atoms with E-state index in [4.69, 9.17) is 10.5 Å². The van der Waals surface area contributed by atoms with Gasteiger partial charge in [0.1, 0.15) is 0 Å². The van der Waals surface area contributed by atoms with Gasteiger partial charge >= 0.3 is 0 Å². The van der Waals surface area contributed by atoms with Crippen LogP contribution in [0.1, 0.15) is 29.6 Å². The van der Waals surface area contributed by atoms with E-state index in [2.05, 4.69) is 15.9 Å². The minimum absolute atomic E-state index is 0.0540. The highest BCUT2D eigenvalue weighted by Gasteiger charge is 2.41. The molecule has 0 aromatic heterocycles. The van der Waals surface area contributed by atoms with Gasteiger partial charge in [0.05, 0.1) is 5.56 Å². The molecular weight excluding hydrogens is 320 g/mol. The smallest absolute Gasteiger partial charge is 0.255 e. The van der Waals surface area contributed by atoms with Gasteiger partial charge in [0.25, 0.3) is 5.91 Å². The van der Waals surface area contributed by atoms with E-state index in [0.29, 0.717) is 11.3 Å². The Morgan fingerprint density at radius 2 is 2.05 bits per heavy atom. The second-order valence-electron chi connectivity index (χ2n) is 5.82. The molecule has 0 radical (unpaired) electrons.